The molecule has 19 heavy (non-hydrogen) atoms. The zero-order chi connectivity index (χ0) is 14.4. The molecule has 0 aliphatic heterocycles. The van der Waals surface area contributed by atoms with Crippen molar-refractivity contribution in [1.29, 1.82) is 5.26 Å². The summed E-state index contributed by atoms with van der Waals surface area (Å²) in [7, 11) is 1.40. The molecule has 4 nitrogen and oxygen atoms in total. The molecule has 0 N–H and O–H groups in total. The minimum Gasteiger partial charge on any atom is -0.468 e. The lowest BCUT2D eigenvalue weighted by atomic mass is 10.0. The van der Waals surface area contributed by atoms with Crippen molar-refractivity contribution >= 4 is 5.97 Å². The number of aryl methyl sites for hydroxylation is 1. The number of hydrogen-bond donors (Lipinski definition) is 0. The predicted octanol–water partition coefficient (Wildman–Crippen LogP) is 2.25. The van der Waals surface area contributed by atoms with Crippen LogP contribution in [0.3, 0.4) is 0 Å². The summed E-state index contributed by atoms with van der Waals surface area (Å²) in [4.78, 5) is 13.4. The molecule has 1 rings (SSSR count). The van der Waals surface area contributed by atoms with Gasteiger partial charge in [-0.15, -0.1) is 0 Å². The van der Waals surface area contributed by atoms with Crippen LogP contribution in [0.2, 0.25) is 0 Å². The number of ether oxygens (including phenoxy) is 1. The van der Waals surface area contributed by atoms with Crippen molar-refractivity contribution in [2.24, 2.45) is 0 Å². The van der Waals surface area contributed by atoms with Crippen molar-refractivity contribution in [3.8, 4) is 6.07 Å². The fourth-order valence-corrected chi connectivity index (χ4v) is 1.81. The molecule has 1 aromatic carbocycles. The van der Waals surface area contributed by atoms with Crippen molar-refractivity contribution in [1.82, 2.24) is 4.90 Å². The first-order chi connectivity index (χ1) is 8.97. The summed E-state index contributed by atoms with van der Waals surface area (Å²) in [5.74, 6) is -0.236. The summed E-state index contributed by atoms with van der Waals surface area (Å²) in [5.41, 5.74) is 2.84. The van der Waals surface area contributed by atoms with Gasteiger partial charge in [-0.1, -0.05) is 6.07 Å². The van der Waals surface area contributed by atoms with Gasteiger partial charge < -0.3 is 4.74 Å². The van der Waals surface area contributed by atoms with Crippen LogP contribution in [-0.4, -0.2) is 30.6 Å². The first kappa shape index (κ1) is 15.2. The summed E-state index contributed by atoms with van der Waals surface area (Å²) >= 11 is 0. The van der Waals surface area contributed by atoms with Gasteiger partial charge in [-0.3, -0.25) is 9.69 Å². The smallest absolute Gasteiger partial charge is 0.319 e. The molecule has 102 valence electrons. The van der Waals surface area contributed by atoms with E-state index >= 15 is 0 Å². The van der Waals surface area contributed by atoms with Gasteiger partial charge in [0.2, 0.25) is 0 Å². The summed E-state index contributed by atoms with van der Waals surface area (Å²) in [5, 5.41) is 8.85. The first-order valence-electron chi connectivity index (χ1n) is 6.28. The average Bonchev–Trinajstić information content (AvgIpc) is 2.39. The Hall–Kier alpha value is -1.86. The molecule has 0 radical (unpaired) electrons. The highest BCUT2D eigenvalue weighted by Gasteiger charge is 2.15. The van der Waals surface area contributed by atoms with Gasteiger partial charge in [-0.25, -0.2) is 0 Å². The lowest BCUT2D eigenvalue weighted by Crippen LogP contribution is -2.35. The highest BCUT2D eigenvalue weighted by atomic mass is 16.5. The van der Waals surface area contributed by atoms with Gasteiger partial charge in [0.05, 0.1) is 25.3 Å². The van der Waals surface area contributed by atoms with Gasteiger partial charge in [0.1, 0.15) is 0 Å². The second-order valence-electron chi connectivity index (χ2n) is 4.83. The third-order valence-electron chi connectivity index (χ3n) is 3.14. The largest absolute Gasteiger partial charge is 0.468 e. The van der Waals surface area contributed by atoms with E-state index in [2.05, 4.69) is 6.07 Å². The number of benzene rings is 1. The average molecular weight is 260 g/mol. The Balaban J connectivity index is 2.85. The Labute approximate surface area is 114 Å². The van der Waals surface area contributed by atoms with Crippen LogP contribution in [-0.2, 0) is 16.1 Å². The van der Waals surface area contributed by atoms with Crippen LogP contribution in [0.25, 0.3) is 0 Å². The molecule has 0 unspecified atom stereocenters. The Morgan fingerprint density at radius 1 is 1.47 bits per heavy atom. The second-order valence-corrected chi connectivity index (χ2v) is 4.83. The van der Waals surface area contributed by atoms with Crippen molar-refractivity contribution in [2.45, 2.75) is 33.4 Å². The Kier molecular flexibility index (Phi) is 5.53. The number of nitrogens with zero attached hydrogens (tertiary/aromatic N) is 2. The fourth-order valence-electron chi connectivity index (χ4n) is 1.81. The van der Waals surface area contributed by atoms with E-state index in [9.17, 15) is 4.79 Å². The highest BCUT2D eigenvalue weighted by molar-refractivity contribution is 5.71. The molecule has 0 saturated carbocycles. The number of nitriles is 1. The quantitative estimate of drug-likeness (QED) is 0.762. The number of carbonyl (C=O) groups excluding carboxylic acids is 1. The van der Waals surface area contributed by atoms with E-state index < -0.39 is 0 Å². The molecule has 0 aromatic heterocycles. The van der Waals surface area contributed by atoms with Crippen molar-refractivity contribution < 1.29 is 9.53 Å². The third kappa shape index (κ3) is 4.38. The zero-order valence-electron chi connectivity index (χ0n) is 11.9. The van der Waals surface area contributed by atoms with E-state index in [-0.39, 0.29) is 18.6 Å². The van der Waals surface area contributed by atoms with Crippen LogP contribution in [0.4, 0.5) is 0 Å². The molecule has 0 saturated heterocycles. The Morgan fingerprint density at radius 2 is 2.16 bits per heavy atom. The maximum absolute atomic E-state index is 11.4. The molecule has 0 spiro atoms. The normalized spacial score (nSPS) is 10.6. The van der Waals surface area contributed by atoms with Crippen molar-refractivity contribution in [3.63, 3.8) is 0 Å². The number of esters is 1. The van der Waals surface area contributed by atoms with Gasteiger partial charge in [-0.05, 0) is 44.0 Å². The van der Waals surface area contributed by atoms with E-state index in [0.29, 0.717) is 12.1 Å². The maximum atomic E-state index is 11.4. The van der Waals surface area contributed by atoms with Crippen LogP contribution in [0, 0.1) is 18.3 Å². The highest BCUT2D eigenvalue weighted by Crippen LogP contribution is 2.14. The van der Waals surface area contributed by atoms with E-state index in [1.807, 2.05) is 37.8 Å². The number of rotatable bonds is 5. The summed E-state index contributed by atoms with van der Waals surface area (Å²) < 4.78 is 4.71. The van der Waals surface area contributed by atoms with Crippen LogP contribution in [0.5, 0.6) is 0 Å². The molecular formula is C15H20N2O2. The molecule has 0 heterocycles. The minimum atomic E-state index is -0.236. The van der Waals surface area contributed by atoms with Gasteiger partial charge in [0.25, 0.3) is 0 Å². The van der Waals surface area contributed by atoms with Crippen LogP contribution < -0.4 is 0 Å². The fraction of sp³-hybridized carbons (Fsp3) is 0.467. The van der Waals surface area contributed by atoms with E-state index in [1.54, 1.807) is 6.07 Å². The second kappa shape index (κ2) is 6.91. The molecule has 0 amide bonds. The first-order valence-corrected chi connectivity index (χ1v) is 6.28. The molecule has 4 heteroatoms. The van der Waals surface area contributed by atoms with Crippen LogP contribution in [0.1, 0.15) is 30.5 Å². The standard InChI is InChI=1S/C15H20N2O2/c1-11(2)17(10-15(18)19-4)9-14-6-5-13(8-16)7-12(14)3/h5-7,11H,9-10H2,1-4H3. The summed E-state index contributed by atoms with van der Waals surface area (Å²) in [6.45, 7) is 7.01. The molecule has 0 atom stereocenters. The lowest BCUT2D eigenvalue weighted by molar-refractivity contribution is -0.142. The van der Waals surface area contributed by atoms with Gasteiger partial charge in [0.15, 0.2) is 0 Å². The van der Waals surface area contributed by atoms with E-state index in [0.717, 1.165) is 11.1 Å². The third-order valence-corrected chi connectivity index (χ3v) is 3.14. The Bertz CT molecular complexity index is 489. The topological polar surface area (TPSA) is 53.3 Å². The monoisotopic (exact) mass is 260 g/mol. The molecule has 0 aliphatic rings. The van der Waals surface area contributed by atoms with Crippen molar-refractivity contribution in [3.05, 3.63) is 34.9 Å². The van der Waals surface area contributed by atoms with E-state index in [1.165, 1.54) is 7.11 Å². The summed E-state index contributed by atoms with van der Waals surface area (Å²) in [6, 6.07) is 7.99. The molecule has 0 aliphatic carbocycles. The SMILES string of the molecule is COC(=O)CN(Cc1ccc(C#N)cc1C)C(C)C. The predicted molar refractivity (Wildman–Crippen MR) is 73.5 cm³/mol. The number of carbonyl (C=O) groups is 1. The Morgan fingerprint density at radius 3 is 2.63 bits per heavy atom. The maximum Gasteiger partial charge on any atom is 0.319 e. The van der Waals surface area contributed by atoms with Gasteiger partial charge >= 0.3 is 5.97 Å². The van der Waals surface area contributed by atoms with Crippen LogP contribution in [0.15, 0.2) is 18.2 Å². The number of hydrogen-bond acceptors (Lipinski definition) is 4. The van der Waals surface area contributed by atoms with Crippen LogP contribution >= 0.6 is 0 Å². The molecule has 1 aromatic rings. The summed E-state index contributed by atoms with van der Waals surface area (Å²) in [6.07, 6.45) is 0. The minimum absolute atomic E-state index is 0.236. The molecular weight excluding hydrogens is 240 g/mol. The van der Waals surface area contributed by atoms with Gasteiger partial charge in [0, 0.05) is 12.6 Å². The van der Waals surface area contributed by atoms with E-state index in [4.69, 9.17) is 10.00 Å². The lowest BCUT2D eigenvalue weighted by Gasteiger charge is -2.25. The zero-order valence-corrected chi connectivity index (χ0v) is 11.9. The molecule has 0 fully saturated rings. The van der Waals surface area contributed by atoms with Crippen molar-refractivity contribution in [2.75, 3.05) is 13.7 Å². The molecule has 0 bridgehead atoms. The number of methoxy groups -OCH3 is 1. The van der Waals surface area contributed by atoms with Gasteiger partial charge in [-0.2, -0.15) is 5.26 Å².